The summed E-state index contributed by atoms with van der Waals surface area (Å²) in [6, 6.07) is 3.16. The Hall–Kier alpha value is -0.920. The Bertz CT molecular complexity index is 591. The minimum atomic E-state index is -3.49. The van der Waals surface area contributed by atoms with E-state index >= 15 is 0 Å². The molecule has 1 aliphatic heterocycles. The highest BCUT2D eigenvalue weighted by Gasteiger charge is 2.37. The van der Waals surface area contributed by atoms with Crippen LogP contribution in [0.2, 0.25) is 0 Å². The average molecular weight is 317 g/mol. The molecule has 1 aromatic rings. The molecule has 0 aliphatic carbocycles. The van der Waals surface area contributed by atoms with Crippen LogP contribution < -0.4 is 0 Å². The molecule has 0 amide bonds. The summed E-state index contributed by atoms with van der Waals surface area (Å²) >= 11 is 1.06. The van der Waals surface area contributed by atoms with Crippen molar-refractivity contribution in [3.8, 4) is 0 Å². The SMILES string of the molecule is CC(C)C1CCCN1S(=O)(=O)c1ccc(CC(=O)O)s1. The van der Waals surface area contributed by atoms with Crippen LogP contribution in [0.1, 0.15) is 31.6 Å². The van der Waals surface area contributed by atoms with Gasteiger partial charge in [-0.15, -0.1) is 11.3 Å². The second-order valence-corrected chi connectivity index (χ2v) is 8.65. The molecule has 0 saturated carbocycles. The number of carboxylic acid groups (broad SMARTS) is 1. The minimum absolute atomic E-state index is 0.0463. The van der Waals surface area contributed by atoms with Gasteiger partial charge in [-0.05, 0) is 30.9 Å². The fourth-order valence-corrected chi connectivity index (χ4v) is 5.89. The number of thiophene rings is 1. The molecule has 0 spiro atoms. The van der Waals surface area contributed by atoms with Crippen LogP contribution in [0.5, 0.6) is 0 Å². The van der Waals surface area contributed by atoms with Crippen LogP contribution in [0.4, 0.5) is 0 Å². The lowest BCUT2D eigenvalue weighted by Crippen LogP contribution is -2.38. The standard InChI is InChI=1S/C13H19NO4S2/c1-9(2)11-4-3-7-14(11)20(17,18)13-6-5-10(19-13)8-12(15)16/h5-6,9,11H,3-4,7-8H2,1-2H3,(H,15,16). The zero-order valence-electron chi connectivity index (χ0n) is 11.6. The van der Waals surface area contributed by atoms with Gasteiger partial charge in [-0.25, -0.2) is 8.42 Å². The molecule has 20 heavy (non-hydrogen) atoms. The van der Waals surface area contributed by atoms with Crippen molar-refractivity contribution in [1.82, 2.24) is 4.31 Å². The van der Waals surface area contributed by atoms with E-state index in [-0.39, 0.29) is 22.6 Å². The van der Waals surface area contributed by atoms with E-state index < -0.39 is 16.0 Å². The number of carboxylic acids is 1. The van der Waals surface area contributed by atoms with Crippen LogP contribution in [0.15, 0.2) is 16.3 Å². The number of carbonyl (C=O) groups is 1. The molecule has 1 aromatic heterocycles. The Balaban J connectivity index is 2.26. The first-order chi connectivity index (χ1) is 9.32. The van der Waals surface area contributed by atoms with E-state index in [4.69, 9.17) is 5.11 Å². The Morgan fingerprint density at radius 3 is 2.80 bits per heavy atom. The van der Waals surface area contributed by atoms with Gasteiger partial charge < -0.3 is 5.11 Å². The maximum Gasteiger partial charge on any atom is 0.308 e. The molecule has 2 heterocycles. The first-order valence-corrected chi connectivity index (χ1v) is 8.90. The number of sulfonamides is 1. The molecule has 0 aromatic carbocycles. The number of hydrogen-bond donors (Lipinski definition) is 1. The van der Waals surface area contributed by atoms with Crippen molar-refractivity contribution in [3.63, 3.8) is 0 Å². The third-order valence-corrected chi connectivity index (χ3v) is 7.02. The lowest BCUT2D eigenvalue weighted by atomic mass is 10.0. The van der Waals surface area contributed by atoms with Crippen LogP contribution in [0.25, 0.3) is 0 Å². The van der Waals surface area contributed by atoms with Crippen molar-refractivity contribution < 1.29 is 18.3 Å². The predicted molar refractivity (Wildman–Crippen MR) is 77.4 cm³/mol. The van der Waals surface area contributed by atoms with Gasteiger partial charge >= 0.3 is 5.97 Å². The van der Waals surface area contributed by atoms with Crippen LogP contribution >= 0.6 is 11.3 Å². The summed E-state index contributed by atoms with van der Waals surface area (Å²) in [6.45, 7) is 4.61. The summed E-state index contributed by atoms with van der Waals surface area (Å²) in [5, 5.41) is 8.75. The second-order valence-electron chi connectivity index (χ2n) is 5.36. The summed E-state index contributed by atoms with van der Waals surface area (Å²) in [7, 11) is -3.49. The number of nitrogens with zero attached hydrogens (tertiary/aromatic N) is 1. The van der Waals surface area contributed by atoms with E-state index in [1.165, 1.54) is 6.07 Å². The molecule has 0 radical (unpaired) electrons. The molecule has 7 heteroatoms. The monoisotopic (exact) mass is 317 g/mol. The summed E-state index contributed by atoms with van der Waals surface area (Å²) in [6.07, 6.45) is 1.65. The van der Waals surface area contributed by atoms with Crippen molar-refractivity contribution in [2.75, 3.05) is 6.54 Å². The van der Waals surface area contributed by atoms with E-state index in [1.54, 1.807) is 10.4 Å². The Morgan fingerprint density at radius 1 is 1.50 bits per heavy atom. The molecule has 112 valence electrons. The fourth-order valence-electron chi connectivity index (χ4n) is 2.59. The van der Waals surface area contributed by atoms with Gasteiger partial charge in [-0.1, -0.05) is 13.8 Å². The van der Waals surface area contributed by atoms with Crippen LogP contribution in [0.3, 0.4) is 0 Å². The average Bonchev–Trinajstić information content (AvgIpc) is 2.95. The van der Waals surface area contributed by atoms with Crippen molar-refractivity contribution in [3.05, 3.63) is 17.0 Å². The van der Waals surface area contributed by atoms with E-state index in [0.717, 1.165) is 24.2 Å². The highest BCUT2D eigenvalue weighted by Crippen LogP contribution is 2.33. The summed E-state index contributed by atoms with van der Waals surface area (Å²) < 4.78 is 27.1. The molecule has 1 unspecified atom stereocenters. The van der Waals surface area contributed by atoms with Crippen molar-refractivity contribution in [2.45, 2.75) is 43.4 Å². The maximum atomic E-state index is 12.6. The fraction of sp³-hybridized carbons (Fsp3) is 0.615. The second kappa shape index (κ2) is 5.83. The summed E-state index contributed by atoms with van der Waals surface area (Å²) in [4.78, 5) is 11.2. The molecule has 1 saturated heterocycles. The number of aliphatic carboxylic acids is 1. The topological polar surface area (TPSA) is 74.7 Å². The Morgan fingerprint density at radius 2 is 2.20 bits per heavy atom. The summed E-state index contributed by atoms with van der Waals surface area (Å²) in [5.74, 6) is -0.664. The molecule has 2 rings (SSSR count). The molecule has 1 fully saturated rings. The largest absolute Gasteiger partial charge is 0.481 e. The first kappa shape index (κ1) is 15.5. The molecule has 1 atom stereocenters. The Kier molecular flexibility index (Phi) is 4.51. The predicted octanol–water partition coefficient (Wildman–Crippen LogP) is 2.18. The van der Waals surface area contributed by atoms with Gasteiger partial charge in [0, 0.05) is 17.5 Å². The zero-order chi connectivity index (χ0) is 14.9. The molecular formula is C13H19NO4S2. The van der Waals surface area contributed by atoms with Crippen LogP contribution in [-0.4, -0.2) is 36.4 Å². The number of rotatable bonds is 5. The first-order valence-electron chi connectivity index (χ1n) is 6.64. The number of hydrogen-bond acceptors (Lipinski definition) is 4. The van der Waals surface area contributed by atoms with Gasteiger partial charge in [0.15, 0.2) is 0 Å². The lowest BCUT2D eigenvalue weighted by molar-refractivity contribution is -0.136. The maximum absolute atomic E-state index is 12.6. The zero-order valence-corrected chi connectivity index (χ0v) is 13.2. The van der Waals surface area contributed by atoms with Gasteiger partial charge in [-0.3, -0.25) is 4.79 Å². The third-order valence-electron chi connectivity index (χ3n) is 3.54. The third kappa shape index (κ3) is 3.05. The minimum Gasteiger partial charge on any atom is -0.481 e. The quantitative estimate of drug-likeness (QED) is 0.903. The van der Waals surface area contributed by atoms with E-state index in [0.29, 0.717) is 11.4 Å². The molecule has 1 aliphatic rings. The summed E-state index contributed by atoms with van der Waals surface area (Å²) in [5.41, 5.74) is 0. The van der Waals surface area contributed by atoms with E-state index in [2.05, 4.69) is 0 Å². The highest BCUT2D eigenvalue weighted by atomic mass is 32.2. The smallest absolute Gasteiger partial charge is 0.308 e. The molecular weight excluding hydrogens is 298 g/mol. The molecule has 0 bridgehead atoms. The van der Waals surface area contributed by atoms with Gasteiger partial charge in [-0.2, -0.15) is 4.31 Å². The normalized spacial score (nSPS) is 20.6. The van der Waals surface area contributed by atoms with Gasteiger partial charge in [0.1, 0.15) is 4.21 Å². The van der Waals surface area contributed by atoms with Gasteiger partial charge in [0.05, 0.1) is 6.42 Å². The van der Waals surface area contributed by atoms with Crippen molar-refractivity contribution >= 4 is 27.3 Å². The van der Waals surface area contributed by atoms with Crippen LogP contribution in [-0.2, 0) is 21.2 Å². The lowest BCUT2D eigenvalue weighted by Gasteiger charge is -2.26. The van der Waals surface area contributed by atoms with Gasteiger partial charge in [0.25, 0.3) is 10.0 Å². The van der Waals surface area contributed by atoms with E-state index in [1.807, 2.05) is 13.8 Å². The molecule has 5 nitrogen and oxygen atoms in total. The van der Waals surface area contributed by atoms with E-state index in [9.17, 15) is 13.2 Å². The van der Waals surface area contributed by atoms with Crippen molar-refractivity contribution in [1.29, 1.82) is 0 Å². The Labute approximate surface area is 123 Å². The molecule has 1 N–H and O–H groups in total. The van der Waals surface area contributed by atoms with Crippen LogP contribution in [0, 0.1) is 5.92 Å². The van der Waals surface area contributed by atoms with Gasteiger partial charge in [0.2, 0.25) is 0 Å². The highest BCUT2D eigenvalue weighted by molar-refractivity contribution is 7.91. The van der Waals surface area contributed by atoms with Crippen molar-refractivity contribution in [2.24, 2.45) is 5.92 Å².